The Morgan fingerprint density at radius 1 is 1.12 bits per heavy atom. The van der Waals surface area contributed by atoms with E-state index in [1.54, 1.807) is 23.2 Å². The van der Waals surface area contributed by atoms with E-state index in [4.69, 9.17) is 28.2 Å². The van der Waals surface area contributed by atoms with Crippen LogP contribution in [-0.2, 0) is 4.79 Å². The molecule has 1 amide bonds. The zero-order valence-electron chi connectivity index (χ0n) is 13.0. The zero-order chi connectivity index (χ0) is 17.6. The maximum atomic E-state index is 12.7. The summed E-state index contributed by atoms with van der Waals surface area (Å²) in [7, 11) is 0. The second kappa shape index (κ2) is 6.37. The molecule has 1 atom stereocenters. The lowest BCUT2D eigenvalue weighted by atomic mass is 10.1. The molecule has 0 aromatic heterocycles. The fourth-order valence-corrected chi connectivity index (χ4v) is 3.82. The van der Waals surface area contributed by atoms with E-state index in [-0.39, 0.29) is 5.91 Å². The minimum absolute atomic E-state index is 0.227. The smallest absolute Gasteiger partial charge is 0.276 e. The number of para-hydroxylation sites is 1. The molecule has 0 saturated carbocycles. The standard InChI is InChI=1S/C17H12Cl2N4OS/c1-25-17-21-16(24)14-9-5-2-3-8-12(9)20-15(23(14)22-17)13-10(18)6-4-7-11(13)19/h2-8,15H,1H3,(H,21,22,24)/t15-/m0/s1. The van der Waals surface area contributed by atoms with Gasteiger partial charge in [0.2, 0.25) is 0 Å². The maximum Gasteiger partial charge on any atom is 0.276 e. The Bertz CT molecular complexity index is 1020. The number of nitrogens with zero attached hydrogens (tertiary/aromatic N) is 3. The minimum atomic E-state index is -0.612. The highest BCUT2D eigenvalue weighted by Crippen LogP contribution is 2.38. The molecule has 0 saturated heterocycles. The van der Waals surface area contributed by atoms with Gasteiger partial charge in [0.15, 0.2) is 11.3 Å². The first kappa shape index (κ1) is 16.4. The van der Waals surface area contributed by atoms with Crippen LogP contribution in [0.3, 0.4) is 0 Å². The zero-order valence-corrected chi connectivity index (χ0v) is 15.4. The van der Waals surface area contributed by atoms with Gasteiger partial charge in [-0.05, 0) is 24.5 Å². The average Bonchev–Trinajstić information content (AvgIpc) is 2.61. The highest BCUT2D eigenvalue weighted by molar-refractivity contribution is 8.13. The van der Waals surface area contributed by atoms with Gasteiger partial charge in [0.05, 0.1) is 5.36 Å². The molecule has 2 heterocycles. The van der Waals surface area contributed by atoms with Crippen molar-refractivity contribution in [2.24, 2.45) is 10.1 Å². The molecular formula is C17H12Cl2N4OS. The van der Waals surface area contributed by atoms with Crippen LogP contribution in [0.1, 0.15) is 11.7 Å². The Hall–Kier alpha value is -2.02. The van der Waals surface area contributed by atoms with Gasteiger partial charge in [0.25, 0.3) is 5.91 Å². The van der Waals surface area contributed by atoms with Crippen molar-refractivity contribution in [2.45, 2.75) is 6.17 Å². The van der Waals surface area contributed by atoms with Crippen molar-refractivity contribution in [3.05, 3.63) is 68.6 Å². The first-order chi connectivity index (χ1) is 12.1. The van der Waals surface area contributed by atoms with Crippen LogP contribution < -0.4 is 15.9 Å². The molecule has 5 nitrogen and oxygen atoms in total. The fourth-order valence-electron chi connectivity index (χ4n) is 2.86. The van der Waals surface area contributed by atoms with Crippen LogP contribution in [-0.4, -0.2) is 22.3 Å². The van der Waals surface area contributed by atoms with E-state index in [0.717, 1.165) is 5.22 Å². The molecule has 0 bridgehead atoms. The average molecular weight is 391 g/mol. The first-order valence-electron chi connectivity index (χ1n) is 7.44. The number of halogens is 2. The lowest BCUT2D eigenvalue weighted by molar-refractivity contribution is -0.116. The molecule has 0 aliphatic carbocycles. The molecule has 0 fully saturated rings. The normalized spacial score (nSPS) is 18.8. The number of carbonyl (C=O) groups excluding carboxylic acids is 1. The van der Waals surface area contributed by atoms with Crippen LogP contribution in [0.4, 0.5) is 0 Å². The fraction of sp³-hybridized carbons (Fsp3) is 0.118. The van der Waals surface area contributed by atoms with E-state index in [1.165, 1.54) is 11.8 Å². The summed E-state index contributed by atoms with van der Waals surface area (Å²) in [5, 5.41) is 11.8. The quantitative estimate of drug-likeness (QED) is 0.813. The van der Waals surface area contributed by atoms with Crippen molar-refractivity contribution in [1.29, 1.82) is 0 Å². The molecule has 2 aliphatic heterocycles. The topological polar surface area (TPSA) is 57.1 Å². The summed E-state index contributed by atoms with van der Waals surface area (Å²) >= 11 is 14.1. The van der Waals surface area contributed by atoms with Crippen molar-refractivity contribution >= 4 is 51.7 Å². The summed E-state index contributed by atoms with van der Waals surface area (Å²) in [4.78, 5) is 17.5. The van der Waals surface area contributed by atoms with Crippen LogP contribution in [0.25, 0.3) is 5.70 Å². The SMILES string of the molecule is CSC1=NN2C(=c3ccccc3=N[C@@H]2c2c(Cl)cccc2Cl)C(=O)N1. The van der Waals surface area contributed by atoms with Crippen molar-refractivity contribution in [1.82, 2.24) is 10.3 Å². The molecular weight excluding hydrogens is 379 g/mol. The molecule has 2 aromatic carbocycles. The predicted octanol–water partition coefficient (Wildman–Crippen LogP) is 2.50. The molecule has 1 N–H and O–H groups in total. The number of nitrogens with one attached hydrogen (secondary N) is 1. The third kappa shape index (κ3) is 2.70. The number of carbonyl (C=O) groups is 1. The van der Waals surface area contributed by atoms with Gasteiger partial charge in [-0.2, -0.15) is 0 Å². The first-order valence-corrected chi connectivity index (χ1v) is 9.42. The number of thioether (sulfide) groups is 1. The van der Waals surface area contributed by atoms with Gasteiger partial charge in [0.1, 0.15) is 5.70 Å². The van der Waals surface area contributed by atoms with Gasteiger partial charge < -0.3 is 0 Å². The van der Waals surface area contributed by atoms with Crippen molar-refractivity contribution in [3.63, 3.8) is 0 Å². The molecule has 0 spiro atoms. The molecule has 2 aromatic rings. The van der Waals surface area contributed by atoms with Crippen molar-refractivity contribution in [3.8, 4) is 0 Å². The monoisotopic (exact) mass is 390 g/mol. The van der Waals surface area contributed by atoms with E-state index in [1.807, 2.05) is 30.5 Å². The molecule has 4 rings (SSSR count). The van der Waals surface area contributed by atoms with Gasteiger partial charge in [-0.1, -0.05) is 59.2 Å². The molecule has 25 heavy (non-hydrogen) atoms. The van der Waals surface area contributed by atoms with Crippen molar-refractivity contribution in [2.75, 3.05) is 6.26 Å². The Morgan fingerprint density at radius 3 is 2.56 bits per heavy atom. The van der Waals surface area contributed by atoms with E-state index >= 15 is 0 Å². The summed E-state index contributed by atoms with van der Waals surface area (Å²) in [6.45, 7) is 0. The molecule has 8 heteroatoms. The number of amidine groups is 1. The number of hydrogen-bond donors (Lipinski definition) is 1. The summed E-state index contributed by atoms with van der Waals surface area (Å²) in [5.74, 6) is -0.227. The van der Waals surface area contributed by atoms with Gasteiger partial charge >= 0.3 is 0 Å². The third-order valence-corrected chi connectivity index (χ3v) is 5.20. The molecule has 0 unspecified atom stereocenters. The van der Waals surface area contributed by atoms with E-state index in [2.05, 4.69) is 10.4 Å². The van der Waals surface area contributed by atoms with Gasteiger partial charge in [-0.25, -0.2) is 5.01 Å². The number of hydrazone groups is 1. The van der Waals surface area contributed by atoms with Crippen LogP contribution in [0.2, 0.25) is 10.0 Å². The van der Waals surface area contributed by atoms with Gasteiger partial charge in [0, 0.05) is 20.8 Å². The summed E-state index contributed by atoms with van der Waals surface area (Å²) in [5.41, 5.74) is 1.06. The van der Waals surface area contributed by atoms with Crippen LogP contribution in [0.5, 0.6) is 0 Å². The number of hydrogen-bond acceptors (Lipinski definition) is 5. The van der Waals surface area contributed by atoms with E-state index in [0.29, 0.717) is 31.8 Å². The highest BCUT2D eigenvalue weighted by atomic mass is 35.5. The molecule has 2 aliphatic rings. The van der Waals surface area contributed by atoms with Crippen LogP contribution in [0.15, 0.2) is 52.6 Å². The van der Waals surface area contributed by atoms with Gasteiger partial charge in [-0.3, -0.25) is 15.1 Å². The Labute approximate surface area is 158 Å². The number of rotatable bonds is 1. The maximum absolute atomic E-state index is 12.7. The Kier molecular flexibility index (Phi) is 4.19. The molecule has 0 radical (unpaired) electrons. The lowest BCUT2D eigenvalue weighted by Crippen LogP contribution is -2.50. The predicted molar refractivity (Wildman–Crippen MR) is 101 cm³/mol. The van der Waals surface area contributed by atoms with Crippen LogP contribution in [0, 0.1) is 0 Å². The number of fused-ring (bicyclic) bond motifs is 2. The van der Waals surface area contributed by atoms with E-state index < -0.39 is 6.17 Å². The Balaban J connectivity index is 2.04. The van der Waals surface area contributed by atoms with E-state index in [9.17, 15) is 4.79 Å². The Morgan fingerprint density at radius 2 is 1.84 bits per heavy atom. The highest BCUT2D eigenvalue weighted by Gasteiger charge is 2.35. The van der Waals surface area contributed by atoms with Crippen LogP contribution >= 0.6 is 35.0 Å². The lowest BCUT2D eigenvalue weighted by Gasteiger charge is -2.34. The second-order valence-electron chi connectivity index (χ2n) is 5.41. The minimum Gasteiger partial charge on any atom is -0.298 e. The largest absolute Gasteiger partial charge is 0.298 e. The van der Waals surface area contributed by atoms with Crippen molar-refractivity contribution < 1.29 is 4.79 Å². The third-order valence-electron chi connectivity index (χ3n) is 3.97. The number of amides is 1. The summed E-state index contributed by atoms with van der Waals surface area (Å²) < 4.78 is 0. The molecule has 126 valence electrons. The number of benzene rings is 2. The summed E-state index contributed by atoms with van der Waals surface area (Å²) in [6, 6.07) is 12.7. The summed E-state index contributed by atoms with van der Waals surface area (Å²) in [6.07, 6.45) is 1.23. The van der Waals surface area contributed by atoms with Gasteiger partial charge in [-0.15, -0.1) is 5.10 Å². The second-order valence-corrected chi connectivity index (χ2v) is 7.02.